The van der Waals surface area contributed by atoms with Crippen LogP contribution in [0.15, 0.2) is 58.4 Å². The molecule has 1 heterocycles. The van der Waals surface area contributed by atoms with E-state index in [1.54, 1.807) is 42.5 Å². The second-order valence-corrected chi connectivity index (χ2v) is 6.35. The molecule has 0 saturated carbocycles. The lowest BCUT2D eigenvalue weighted by molar-refractivity contribution is -0.115. The standard InChI is InChI=1S/C19H13N3O4S/c20-8-9-26-15-7-2-1-4-12(15)11-16-17(23)22-19(27-16)21-14-6-3-5-13(10-14)18(24)25/h1-7,10-11H,9H2,(H,24,25)(H,21,22,23)/b16-11-. The zero-order valence-electron chi connectivity index (χ0n) is 13.9. The molecule has 1 saturated heterocycles. The van der Waals surface area contributed by atoms with Gasteiger partial charge in [0.15, 0.2) is 11.8 Å². The topological polar surface area (TPSA) is 112 Å². The Kier molecular flexibility index (Phi) is 5.54. The molecule has 7 nitrogen and oxygen atoms in total. The number of amidine groups is 1. The smallest absolute Gasteiger partial charge is 0.335 e. The van der Waals surface area contributed by atoms with E-state index >= 15 is 0 Å². The Morgan fingerprint density at radius 3 is 2.89 bits per heavy atom. The van der Waals surface area contributed by atoms with E-state index in [0.29, 0.717) is 27.1 Å². The molecule has 2 N–H and O–H groups in total. The lowest BCUT2D eigenvalue weighted by Gasteiger charge is -2.05. The van der Waals surface area contributed by atoms with Crippen LogP contribution in [0.2, 0.25) is 0 Å². The van der Waals surface area contributed by atoms with E-state index in [-0.39, 0.29) is 18.1 Å². The largest absolute Gasteiger partial charge is 0.478 e. The second-order valence-electron chi connectivity index (χ2n) is 5.32. The van der Waals surface area contributed by atoms with Crippen LogP contribution in [0.25, 0.3) is 6.08 Å². The van der Waals surface area contributed by atoms with Gasteiger partial charge >= 0.3 is 5.97 Å². The third kappa shape index (κ3) is 4.54. The van der Waals surface area contributed by atoms with Gasteiger partial charge in [-0.25, -0.2) is 9.79 Å². The molecule has 0 spiro atoms. The predicted molar refractivity (Wildman–Crippen MR) is 102 cm³/mol. The zero-order valence-corrected chi connectivity index (χ0v) is 14.7. The maximum atomic E-state index is 12.2. The number of hydrogen-bond donors (Lipinski definition) is 2. The van der Waals surface area contributed by atoms with Crippen molar-refractivity contribution in [1.29, 1.82) is 5.26 Å². The monoisotopic (exact) mass is 379 g/mol. The van der Waals surface area contributed by atoms with Gasteiger partial charge < -0.3 is 15.2 Å². The third-order valence-electron chi connectivity index (χ3n) is 3.47. The molecule has 2 aromatic carbocycles. The van der Waals surface area contributed by atoms with Crippen molar-refractivity contribution in [2.45, 2.75) is 0 Å². The average molecular weight is 379 g/mol. The highest BCUT2D eigenvalue weighted by atomic mass is 32.2. The molecule has 8 heteroatoms. The van der Waals surface area contributed by atoms with E-state index < -0.39 is 5.97 Å². The molecule has 0 aromatic heterocycles. The van der Waals surface area contributed by atoms with Gasteiger partial charge in [0.25, 0.3) is 5.91 Å². The SMILES string of the molecule is N#CCOc1ccccc1/C=C1\SC(=Nc2cccc(C(=O)O)c2)NC1=O. The summed E-state index contributed by atoms with van der Waals surface area (Å²) >= 11 is 1.14. The van der Waals surface area contributed by atoms with Crippen LogP contribution >= 0.6 is 11.8 Å². The number of carboxylic acids is 1. The fraction of sp³-hybridized carbons (Fsp3) is 0.0526. The van der Waals surface area contributed by atoms with Gasteiger partial charge in [-0.2, -0.15) is 5.26 Å². The first kappa shape index (κ1) is 18.2. The average Bonchev–Trinajstić information content (AvgIpc) is 3.00. The number of ether oxygens (including phenoxy) is 1. The molecule has 0 aliphatic carbocycles. The van der Waals surface area contributed by atoms with Gasteiger partial charge in [0.05, 0.1) is 16.2 Å². The number of thioether (sulfide) groups is 1. The summed E-state index contributed by atoms with van der Waals surface area (Å²) in [6.45, 7) is -0.0911. The van der Waals surface area contributed by atoms with Crippen LogP contribution in [0.3, 0.4) is 0 Å². The van der Waals surface area contributed by atoms with Gasteiger partial charge in [-0.15, -0.1) is 0 Å². The highest BCUT2D eigenvalue weighted by Crippen LogP contribution is 2.30. The Morgan fingerprint density at radius 1 is 1.30 bits per heavy atom. The summed E-state index contributed by atoms with van der Waals surface area (Å²) in [7, 11) is 0. The Bertz CT molecular complexity index is 1010. The summed E-state index contributed by atoms with van der Waals surface area (Å²) in [4.78, 5) is 27.9. The van der Waals surface area contributed by atoms with Crippen LogP contribution in [-0.2, 0) is 4.79 Å². The summed E-state index contributed by atoms with van der Waals surface area (Å²) in [6.07, 6.45) is 1.66. The number of nitrogens with one attached hydrogen (secondary N) is 1. The molecule has 1 aliphatic rings. The molecule has 134 valence electrons. The van der Waals surface area contributed by atoms with Crippen molar-refractivity contribution < 1.29 is 19.4 Å². The normalized spacial score (nSPS) is 16.2. The fourth-order valence-electron chi connectivity index (χ4n) is 2.29. The van der Waals surface area contributed by atoms with Gasteiger partial charge in [0.2, 0.25) is 0 Å². The minimum atomic E-state index is -1.05. The predicted octanol–water partition coefficient (Wildman–Crippen LogP) is 3.18. The van der Waals surface area contributed by atoms with E-state index in [9.17, 15) is 9.59 Å². The van der Waals surface area contributed by atoms with Crippen molar-refractivity contribution >= 4 is 40.6 Å². The number of amides is 1. The van der Waals surface area contributed by atoms with Gasteiger partial charge in [-0.3, -0.25) is 4.79 Å². The van der Waals surface area contributed by atoms with E-state index in [1.807, 2.05) is 6.07 Å². The number of rotatable bonds is 5. The minimum absolute atomic E-state index is 0.0911. The Hall–Kier alpha value is -3.57. The van der Waals surface area contributed by atoms with Crippen LogP contribution < -0.4 is 10.1 Å². The molecule has 0 unspecified atom stereocenters. The number of carbonyl (C=O) groups excluding carboxylic acids is 1. The molecule has 2 aromatic rings. The molecule has 27 heavy (non-hydrogen) atoms. The number of para-hydroxylation sites is 1. The highest BCUT2D eigenvalue weighted by Gasteiger charge is 2.24. The van der Waals surface area contributed by atoms with Gasteiger partial charge in [-0.05, 0) is 42.1 Å². The third-order valence-corrected chi connectivity index (χ3v) is 4.38. The van der Waals surface area contributed by atoms with Crippen molar-refractivity contribution in [1.82, 2.24) is 5.32 Å². The molecular formula is C19H13N3O4S. The van der Waals surface area contributed by atoms with Crippen LogP contribution in [0.1, 0.15) is 15.9 Å². The fourth-order valence-corrected chi connectivity index (χ4v) is 3.12. The number of nitrogens with zero attached hydrogens (tertiary/aromatic N) is 2. The quantitative estimate of drug-likeness (QED) is 0.772. The summed E-state index contributed by atoms with van der Waals surface area (Å²) in [5, 5.41) is 20.7. The van der Waals surface area contributed by atoms with Crippen LogP contribution in [0.5, 0.6) is 5.75 Å². The number of benzene rings is 2. The van der Waals surface area contributed by atoms with Crippen molar-refractivity contribution in [3.05, 3.63) is 64.6 Å². The van der Waals surface area contributed by atoms with Crippen molar-refractivity contribution in [2.24, 2.45) is 4.99 Å². The summed E-state index contributed by atoms with van der Waals surface area (Å²) in [5.74, 6) is -0.863. The van der Waals surface area contributed by atoms with Gasteiger partial charge in [0, 0.05) is 5.56 Å². The first-order valence-electron chi connectivity index (χ1n) is 7.78. The maximum Gasteiger partial charge on any atom is 0.335 e. The minimum Gasteiger partial charge on any atom is -0.478 e. The van der Waals surface area contributed by atoms with Crippen LogP contribution in [0, 0.1) is 11.3 Å². The number of aliphatic imine (C=N–C) groups is 1. The van der Waals surface area contributed by atoms with Gasteiger partial charge in [-0.1, -0.05) is 24.3 Å². The number of hydrogen-bond acceptors (Lipinski definition) is 6. The number of nitriles is 1. The van der Waals surface area contributed by atoms with Crippen molar-refractivity contribution in [3.63, 3.8) is 0 Å². The summed E-state index contributed by atoms with van der Waals surface area (Å²) < 4.78 is 5.36. The second kappa shape index (κ2) is 8.21. The summed E-state index contributed by atoms with van der Waals surface area (Å²) in [5.41, 5.74) is 1.21. The Labute approximate surface area is 159 Å². The zero-order chi connectivity index (χ0) is 19.2. The van der Waals surface area contributed by atoms with E-state index in [0.717, 1.165) is 11.8 Å². The molecule has 1 amide bonds. The molecule has 1 aliphatic heterocycles. The van der Waals surface area contributed by atoms with Crippen molar-refractivity contribution in [2.75, 3.05) is 6.61 Å². The van der Waals surface area contributed by atoms with E-state index in [2.05, 4.69) is 10.3 Å². The maximum absolute atomic E-state index is 12.2. The number of carbonyl (C=O) groups is 2. The first-order valence-corrected chi connectivity index (χ1v) is 8.60. The van der Waals surface area contributed by atoms with Crippen LogP contribution in [-0.4, -0.2) is 28.8 Å². The summed E-state index contributed by atoms with van der Waals surface area (Å²) in [6, 6.07) is 15.1. The molecule has 1 fully saturated rings. The van der Waals surface area contributed by atoms with Crippen molar-refractivity contribution in [3.8, 4) is 11.8 Å². The highest BCUT2D eigenvalue weighted by molar-refractivity contribution is 8.18. The van der Waals surface area contributed by atoms with E-state index in [4.69, 9.17) is 15.1 Å². The lowest BCUT2D eigenvalue weighted by atomic mass is 10.2. The lowest BCUT2D eigenvalue weighted by Crippen LogP contribution is -2.19. The van der Waals surface area contributed by atoms with Crippen LogP contribution in [0.4, 0.5) is 5.69 Å². The van der Waals surface area contributed by atoms with E-state index in [1.165, 1.54) is 12.1 Å². The number of carboxylic acid groups (broad SMARTS) is 1. The number of aromatic carboxylic acids is 1. The molecular weight excluding hydrogens is 366 g/mol. The van der Waals surface area contributed by atoms with Gasteiger partial charge in [0.1, 0.15) is 11.8 Å². The molecule has 0 radical (unpaired) electrons. The Balaban J connectivity index is 1.84. The first-order chi connectivity index (χ1) is 13.1. The molecule has 0 bridgehead atoms. The molecule has 3 rings (SSSR count). The molecule has 0 atom stereocenters. The Morgan fingerprint density at radius 2 is 2.11 bits per heavy atom.